The first-order valence-corrected chi connectivity index (χ1v) is 3.22. The van der Waals surface area contributed by atoms with Gasteiger partial charge in [0.15, 0.2) is 0 Å². The van der Waals surface area contributed by atoms with Crippen molar-refractivity contribution in [2.24, 2.45) is 4.99 Å². The standard InChI is InChI=1S/C8H9FN2/c1-10-7-4-3-6(9)5-8(7)11-2/h3-5,11H,1H2,2H3. The second-order valence-electron chi connectivity index (χ2n) is 2.07. The van der Waals surface area contributed by atoms with Gasteiger partial charge >= 0.3 is 0 Å². The van der Waals surface area contributed by atoms with Crippen LogP contribution in [0, 0.1) is 5.82 Å². The van der Waals surface area contributed by atoms with E-state index in [0.29, 0.717) is 11.4 Å². The molecule has 3 heteroatoms. The van der Waals surface area contributed by atoms with Gasteiger partial charge in [0.25, 0.3) is 0 Å². The molecule has 0 aliphatic rings. The van der Waals surface area contributed by atoms with E-state index >= 15 is 0 Å². The molecule has 0 saturated carbocycles. The first kappa shape index (κ1) is 7.72. The topological polar surface area (TPSA) is 24.4 Å². The quantitative estimate of drug-likeness (QED) is 0.645. The summed E-state index contributed by atoms with van der Waals surface area (Å²) in [5.41, 5.74) is 1.31. The molecule has 1 aromatic rings. The van der Waals surface area contributed by atoms with Crippen LogP contribution in [0.25, 0.3) is 0 Å². The fourth-order valence-corrected chi connectivity index (χ4v) is 0.846. The molecule has 0 bridgehead atoms. The van der Waals surface area contributed by atoms with Gasteiger partial charge in [-0.2, -0.15) is 0 Å². The number of hydrogen-bond donors (Lipinski definition) is 1. The van der Waals surface area contributed by atoms with E-state index in [1.165, 1.54) is 12.1 Å². The first-order chi connectivity index (χ1) is 5.27. The Labute approximate surface area is 64.8 Å². The zero-order valence-corrected chi connectivity index (χ0v) is 6.26. The maximum atomic E-state index is 12.6. The Morgan fingerprint density at radius 2 is 2.27 bits per heavy atom. The van der Waals surface area contributed by atoms with Crippen LogP contribution in [0.4, 0.5) is 15.8 Å². The normalized spacial score (nSPS) is 9.27. The van der Waals surface area contributed by atoms with Gasteiger partial charge in [-0.3, -0.25) is 4.99 Å². The highest BCUT2D eigenvalue weighted by Gasteiger charge is 1.98. The molecule has 0 amide bonds. The van der Waals surface area contributed by atoms with Gasteiger partial charge in [0.2, 0.25) is 0 Å². The minimum absolute atomic E-state index is 0.276. The number of hydrogen-bond acceptors (Lipinski definition) is 2. The van der Waals surface area contributed by atoms with Gasteiger partial charge in [-0.1, -0.05) is 0 Å². The number of anilines is 1. The molecule has 1 rings (SSSR count). The van der Waals surface area contributed by atoms with E-state index in [4.69, 9.17) is 0 Å². The Balaban J connectivity index is 3.16. The highest BCUT2D eigenvalue weighted by molar-refractivity contribution is 5.67. The summed E-state index contributed by atoms with van der Waals surface area (Å²) in [5.74, 6) is -0.276. The van der Waals surface area contributed by atoms with Gasteiger partial charge in [0.1, 0.15) is 5.82 Å². The summed E-state index contributed by atoms with van der Waals surface area (Å²) in [6.45, 7) is 3.36. The van der Waals surface area contributed by atoms with Crippen LogP contribution in [0.2, 0.25) is 0 Å². The van der Waals surface area contributed by atoms with E-state index < -0.39 is 0 Å². The maximum absolute atomic E-state index is 12.6. The number of rotatable bonds is 2. The summed E-state index contributed by atoms with van der Waals surface area (Å²) in [4.78, 5) is 3.70. The summed E-state index contributed by atoms with van der Waals surface area (Å²) >= 11 is 0. The molecule has 0 aliphatic heterocycles. The summed E-state index contributed by atoms with van der Waals surface area (Å²) < 4.78 is 12.6. The van der Waals surface area contributed by atoms with Gasteiger partial charge in [0.05, 0.1) is 11.4 Å². The van der Waals surface area contributed by atoms with Gasteiger partial charge < -0.3 is 5.32 Å². The number of aliphatic imine (C=N–C) groups is 1. The van der Waals surface area contributed by atoms with Crippen molar-refractivity contribution >= 4 is 18.1 Å². The van der Waals surface area contributed by atoms with Crippen molar-refractivity contribution in [2.45, 2.75) is 0 Å². The molecule has 0 fully saturated rings. The Morgan fingerprint density at radius 1 is 1.55 bits per heavy atom. The van der Waals surface area contributed by atoms with E-state index in [1.54, 1.807) is 13.1 Å². The van der Waals surface area contributed by atoms with Gasteiger partial charge in [-0.25, -0.2) is 4.39 Å². The molecule has 0 saturated heterocycles. The predicted molar refractivity (Wildman–Crippen MR) is 45.2 cm³/mol. The number of nitrogens with zero attached hydrogens (tertiary/aromatic N) is 1. The Kier molecular flexibility index (Phi) is 2.21. The van der Waals surface area contributed by atoms with E-state index in [0.717, 1.165) is 0 Å². The second-order valence-corrected chi connectivity index (χ2v) is 2.07. The molecule has 0 aromatic heterocycles. The van der Waals surface area contributed by atoms with Gasteiger partial charge in [0, 0.05) is 7.05 Å². The van der Waals surface area contributed by atoms with Crippen LogP contribution in [0.15, 0.2) is 23.2 Å². The predicted octanol–water partition coefficient (Wildman–Crippen LogP) is 2.20. The lowest BCUT2D eigenvalue weighted by atomic mass is 10.2. The van der Waals surface area contributed by atoms with Crippen LogP contribution in [0.1, 0.15) is 0 Å². The molecule has 0 heterocycles. The zero-order valence-electron chi connectivity index (χ0n) is 6.26. The molecule has 0 atom stereocenters. The molecule has 0 aliphatic carbocycles. The number of benzene rings is 1. The van der Waals surface area contributed by atoms with Crippen molar-refractivity contribution in [3.05, 3.63) is 24.0 Å². The third-order valence-electron chi connectivity index (χ3n) is 1.40. The average Bonchev–Trinajstić information content (AvgIpc) is 2.04. The Bertz CT molecular complexity index is 271. The van der Waals surface area contributed by atoms with Crippen LogP contribution in [-0.2, 0) is 0 Å². The fraction of sp³-hybridized carbons (Fsp3) is 0.125. The largest absolute Gasteiger partial charge is 0.386 e. The highest BCUT2D eigenvalue weighted by Crippen LogP contribution is 2.24. The average molecular weight is 152 g/mol. The fourth-order valence-electron chi connectivity index (χ4n) is 0.846. The SMILES string of the molecule is C=Nc1ccc(F)cc1NC. The summed E-state index contributed by atoms with van der Waals surface area (Å²) in [6.07, 6.45) is 0. The molecule has 58 valence electrons. The molecule has 1 N–H and O–H groups in total. The van der Waals surface area contributed by atoms with Crippen LogP contribution < -0.4 is 5.32 Å². The van der Waals surface area contributed by atoms with Crippen molar-refractivity contribution < 1.29 is 4.39 Å². The van der Waals surface area contributed by atoms with Crippen molar-refractivity contribution in [3.8, 4) is 0 Å². The zero-order chi connectivity index (χ0) is 8.27. The molecular weight excluding hydrogens is 143 g/mol. The Morgan fingerprint density at radius 3 is 2.82 bits per heavy atom. The van der Waals surface area contributed by atoms with Crippen molar-refractivity contribution in [3.63, 3.8) is 0 Å². The van der Waals surface area contributed by atoms with Crippen LogP contribution in [0.5, 0.6) is 0 Å². The minimum atomic E-state index is -0.276. The smallest absolute Gasteiger partial charge is 0.125 e. The summed E-state index contributed by atoms with van der Waals surface area (Å²) in [6, 6.07) is 4.31. The van der Waals surface area contributed by atoms with Crippen LogP contribution in [0.3, 0.4) is 0 Å². The Hall–Kier alpha value is -1.38. The summed E-state index contributed by atoms with van der Waals surface area (Å²) in [5, 5.41) is 2.81. The monoisotopic (exact) mass is 152 g/mol. The van der Waals surface area contributed by atoms with Gasteiger partial charge in [-0.05, 0) is 24.9 Å². The third kappa shape index (κ3) is 1.55. The number of halogens is 1. The molecule has 0 unspecified atom stereocenters. The first-order valence-electron chi connectivity index (χ1n) is 3.22. The third-order valence-corrected chi connectivity index (χ3v) is 1.40. The van der Waals surface area contributed by atoms with Crippen molar-refractivity contribution in [1.82, 2.24) is 0 Å². The van der Waals surface area contributed by atoms with Gasteiger partial charge in [-0.15, -0.1) is 0 Å². The summed E-state index contributed by atoms with van der Waals surface area (Å²) in [7, 11) is 1.71. The molecule has 2 nitrogen and oxygen atoms in total. The van der Waals surface area contributed by atoms with Crippen molar-refractivity contribution in [1.29, 1.82) is 0 Å². The molecule has 0 spiro atoms. The molecular formula is C8H9FN2. The van der Waals surface area contributed by atoms with E-state index in [-0.39, 0.29) is 5.82 Å². The molecule has 0 radical (unpaired) electrons. The minimum Gasteiger partial charge on any atom is -0.386 e. The second kappa shape index (κ2) is 3.14. The van der Waals surface area contributed by atoms with E-state index in [2.05, 4.69) is 17.0 Å². The lowest BCUT2D eigenvalue weighted by molar-refractivity contribution is 0.628. The van der Waals surface area contributed by atoms with Crippen molar-refractivity contribution in [2.75, 3.05) is 12.4 Å². The lowest BCUT2D eigenvalue weighted by Gasteiger charge is -2.02. The van der Waals surface area contributed by atoms with E-state index in [9.17, 15) is 4.39 Å². The van der Waals surface area contributed by atoms with Crippen LogP contribution >= 0.6 is 0 Å². The maximum Gasteiger partial charge on any atom is 0.125 e. The molecule has 11 heavy (non-hydrogen) atoms. The van der Waals surface area contributed by atoms with Crippen LogP contribution in [-0.4, -0.2) is 13.8 Å². The van der Waals surface area contributed by atoms with E-state index in [1.807, 2.05) is 0 Å². The molecule has 1 aromatic carbocycles. The highest BCUT2D eigenvalue weighted by atomic mass is 19.1. The number of nitrogens with one attached hydrogen (secondary N) is 1. The lowest BCUT2D eigenvalue weighted by Crippen LogP contribution is -1.88.